The van der Waals surface area contributed by atoms with E-state index in [0.29, 0.717) is 6.54 Å². The summed E-state index contributed by atoms with van der Waals surface area (Å²) in [6.07, 6.45) is 2.00. The molecule has 0 spiro atoms. The van der Waals surface area contributed by atoms with Gasteiger partial charge in [0.05, 0.1) is 10.5 Å². The summed E-state index contributed by atoms with van der Waals surface area (Å²) < 4.78 is 23.6. The molecule has 23 heavy (non-hydrogen) atoms. The van der Waals surface area contributed by atoms with Gasteiger partial charge in [0.15, 0.2) is 9.84 Å². The van der Waals surface area contributed by atoms with E-state index in [1.807, 2.05) is 30.3 Å². The van der Waals surface area contributed by atoms with Crippen LogP contribution < -0.4 is 5.32 Å². The molecule has 5 heteroatoms. The summed E-state index contributed by atoms with van der Waals surface area (Å²) in [5, 5.41) is 2.86. The van der Waals surface area contributed by atoms with Gasteiger partial charge < -0.3 is 5.32 Å². The van der Waals surface area contributed by atoms with E-state index in [-0.39, 0.29) is 22.3 Å². The molecule has 0 heterocycles. The van der Waals surface area contributed by atoms with Gasteiger partial charge >= 0.3 is 0 Å². The highest BCUT2D eigenvalue weighted by Crippen LogP contribution is 2.19. The monoisotopic (exact) mass is 331 g/mol. The molecular weight excluding hydrogens is 310 g/mol. The van der Waals surface area contributed by atoms with Crippen LogP contribution in [0.1, 0.15) is 35.2 Å². The molecule has 122 valence electrons. The average molecular weight is 331 g/mol. The molecule has 2 aromatic carbocycles. The van der Waals surface area contributed by atoms with Gasteiger partial charge in [-0.2, -0.15) is 0 Å². The smallest absolute Gasteiger partial charge is 0.252 e. The molecule has 2 rings (SSSR count). The summed E-state index contributed by atoms with van der Waals surface area (Å²) in [6, 6.07) is 16.2. The molecule has 0 radical (unpaired) electrons. The molecule has 0 unspecified atom stereocenters. The summed E-state index contributed by atoms with van der Waals surface area (Å²) >= 11 is 0. The van der Waals surface area contributed by atoms with E-state index in [1.165, 1.54) is 12.1 Å². The zero-order chi connectivity index (χ0) is 16.9. The molecule has 2 aromatic rings. The molecule has 0 aliphatic carbocycles. The summed E-state index contributed by atoms with van der Waals surface area (Å²) in [6.45, 7) is 2.53. The minimum atomic E-state index is -3.44. The van der Waals surface area contributed by atoms with Gasteiger partial charge in [-0.15, -0.1) is 0 Å². The number of rotatable bonds is 6. The molecule has 0 bridgehead atoms. The van der Waals surface area contributed by atoms with Gasteiger partial charge in [0.1, 0.15) is 0 Å². The number of sulfone groups is 1. The fraction of sp³-hybridized carbons (Fsp3) is 0.278. The fourth-order valence-corrected chi connectivity index (χ4v) is 3.40. The van der Waals surface area contributed by atoms with Crippen LogP contribution in [0.15, 0.2) is 59.5 Å². The van der Waals surface area contributed by atoms with Gasteiger partial charge in [0, 0.05) is 18.7 Å². The number of hydrogen-bond acceptors (Lipinski definition) is 3. The van der Waals surface area contributed by atoms with Gasteiger partial charge in [-0.05, 0) is 24.1 Å². The van der Waals surface area contributed by atoms with E-state index in [9.17, 15) is 13.2 Å². The van der Waals surface area contributed by atoms with Crippen LogP contribution in [0.4, 0.5) is 0 Å². The average Bonchev–Trinajstić information content (AvgIpc) is 2.55. The van der Waals surface area contributed by atoms with E-state index < -0.39 is 9.84 Å². The van der Waals surface area contributed by atoms with Crippen LogP contribution in [0.25, 0.3) is 0 Å². The van der Waals surface area contributed by atoms with Crippen LogP contribution in [-0.2, 0) is 9.84 Å². The fourth-order valence-electron chi connectivity index (χ4n) is 2.51. The summed E-state index contributed by atoms with van der Waals surface area (Å²) in [5.41, 5.74) is 1.35. The molecular formula is C18H21NO3S. The second-order valence-electron chi connectivity index (χ2n) is 5.49. The van der Waals surface area contributed by atoms with E-state index in [1.54, 1.807) is 12.1 Å². The standard InChI is InChI=1S/C18H21NO3S/c1-3-14(15-9-5-4-6-10-15)13-19-18(20)16-11-7-8-12-17(16)23(2,21)22/h4-12,14H,3,13H2,1-2H3,(H,19,20)/t14-/m0/s1. The van der Waals surface area contributed by atoms with Crippen LogP contribution in [-0.4, -0.2) is 27.1 Å². The Hall–Kier alpha value is -2.14. The van der Waals surface area contributed by atoms with Crippen molar-refractivity contribution in [2.45, 2.75) is 24.2 Å². The van der Waals surface area contributed by atoms with Crippen LogP contribution >= 0.6 is 0 Å². The van der Waals surface area contributed by atoms with Crippen molar-refractivity contribution < 1.29 is 13.2 Å². The first-order valence-corrected chi connectivity index (χ1v) is 9.45. The lowest BCUT2D eigenvalue weighted by atomic mass is 9.96. The highest BCUT2D eigenvalue weighted by atomic mass is 32.2. The minimum Gasteiger partial charge on any atom is -0.351 e. The molecule has 0 aliphatic rings. The van der Waals surface area contributed by atoms with Crippen LogP contribution in [0.3, 0.4) is 0 Å². The third-order valence-electron chi connectivity index (χ3n) is 3.80. The summed E-state index contributed by atoms with van der Waals surface area (Å²) in [7, 11) is -3.44. The normalized spacial score (nSPS) is 12.6. The lowest BCUT2D eigenvalue weighted by molar-refractivity contribution is 0.0947. The summed E-state index contributed by atoms with van der Waals surface area (Å²) in [5.74, 6) is -0.161. The van der Waals surface area contributed by atoms with Crippen molar-refractivity contribution in [2.75, 3.05) is 12.8 Å². The van der Waals surface area contributed by atoms with E-state index in [4.69, 9.17) is 0 Å². The van der Waals surface area contributed by atoms with E-state index in [0.717, 1.165) is 18.2 Å². The molecule has 0 aromatic heterocycles. The number of nitrogens with one attached hydrogen (secondary N) is 1. The zero-order valence-corrected chi connectivity index (χ0v) is 14.1. The van der Waals surface area contributed by atoms with Crippen molar-refractivity contribution in [1.82, 2.24) is 5.32 Å². The number of amides is 1. The highest BCUT2D eigenvalue weighted by molar-refractivity contribution is 7.90. The molecule has 1 N–H and O–H groups in total. The SMILES string of the molecule is CC[C@@H](CNC(=O)c1ccccc1S(C)(=O)=O)c1ccccc1. The first-order valence-electron chi connectivity index (χ1n) is 7.55. The zero-order valence-electron chi connectivity index (χ0n) is 13.3. The summed E-state index contributed by atoms with van der Waals surface area (Å²) in [4.78, 5) is 12.4. The largest absolute Gasteiger partial charge is 0.351 e. The molecule has 4 nitrogen and oxygen atoms in total. The third-order valence-corrected chi connectivity index (χ3v) is 4.96. The van der Waals surface area contributed by atoms with Gasteiger partial charge in [0.25, 0.3) is 5.91 Å². The van der Waals surface area contributed by atoms with Gasteiger partial charge in [0.2, 0.25) is 0 Å². The Bertz CT molecular complexity index is 770. The number of benzene rings is 2. The first kappa shape index (κ1) is 17.2. The maximum absolute atomic E-state index is 12.4. The van der Waals surface area contributed by atoms with Crippen molar-refractivity contribution in [3.8, 4) is 0 Å². The Kier molecular flexibility index (Phi) is 5.55. The Balaban J connectivity index is 2.14. The van der Waals surface area contributed by atoms with Crippen LogP contribution in [0.2, 0.25) is 0 Å². The Morgan fingerprint density at radius 1 is 1.04 bits per heavy atom. The Labute approximate surface area is 137 Å². The Morgan fingerprint density at radius 3 is 2.26 bits per heavy atom. The highest BCUT2D eigenvalue weighted by Gasteiger charge is 2.19. The third kappa shape index (κ3) is 4.42. The predicted octanol–water partition coefficient (Wildman–Crippen LogP) is 3.01. The van der Waals surface area contributed by atoms with E-state index >= 15 is 0 Å². The van der Waals surface area contributed by atoms with E-state index in [2.05, 4.69) is 12.2 Å². The lowest BCUT2D eigenvalue weighted by Gasteiger charge is -2.17. The number of carbonyl (C=O) groups excluding carboxylic acids is 1. The molecule has 0 saturated heterocycles. The second-order valence-corrected chi connectivity index (χ2v) is 7.48. The number of hydrogen-bond donors (Lipinski definition) is 1. The quantitative estimate of drug-likeness (QED) is 0.885. The van der Waals surface area contributed by atoms with Crippen LogP contribution in [0, 0.1) is 0 Å². The van der Waals surface area contributed by atoms with Crippen molar-refractivity contribution in [3.05, 3.63) is 65.7 Å². The lowest BCUT2D eigenvalue weighted by Crippen LogP contribution is -2.29. The predicted molar refractivity (Wildman–Crippen MR) is 91.4 cm³/mol. The minimum absolute atomic E-state index is 0.0604. The van der Waals surface area contributed by atoms with Crippen molar-refractivity contribution in [3.63, 3.8) is 0 Å². The van der Waals surface area contributed by atoms with Crippen molar-refractivity contribution >= 4 is 15.7 Å². The van der Waals surface area contributed by atoms with Crippen molar-refractivity contribution in [1.29, 1.82) is 0 Å². The maximum Gasteiger partial charge on any atom is 0.252 e. The van der Waals surface area contributed by atoms with Gasteiger partial charge in [-0.3, -0.25) is 4.79 Å². The second kappa shape index (κ2) is 7.42. The van der Waals surface area contributed by atoms with Crippen molar-refractivity contribution in [2.24, 2.45) is 0 Å². The van der Waals surface area contributed by atoms with Crippen LogP contribution in [0.5, 0.6) is 0 Å². The molecule has 0 aliphatic heterocycles. The Morgan fingerprint density at radius 2 is 1.65 bits per heavy atom. The molecule has 0 saturated carbocycles. The molecule has 1 atom stereocenters. The number of carbonyl (C=O) groups is 1. The molecule has 0 fully saturated rings. The first-order chi connectivity index (χ1) is 10.9. The maximum atomic E-state index is 12.4. The topological polar surface area (TPSA) is 63.2 Å². The molecule has 1 amide bonds. The van der Waals surface area contributed by atoms with Gasteiger partial charge in [-0.25, -0.2) is 8.42 Å². The van der Waals surface area contributed by atoms with Gasteiger partial charge in [-0.1, -0.05) is 49.4 Å².